The number of hydrogen-bond donors (Lipinski definition) is 1. The lowest BCUT2D eigenvalue weighted by atomic mass is 9.89. The minimum Gasteiger partial charge on any atom is -0.366 e. The zero-order valence-electron chi connectivity index (χ0n) is 12.5. The number of benzene rings is 2. The Morgan fingerprint density at radius 3 is 2.57 bits per heavy atom. The summed E-state index contributed by atoms with van der Waals surface area (Å²) in [4.78, 5) is 2.55. The number of rotatable bonds is 1. The van der Waals surface area contributed by atoms with Crippen LogP contribution in [0.1, 0.15) is 30.0 Å². The highest BCUT2D eigenvalue weighted by atomic mass is 15.2. The van der Waals surface area contributed by atoms with Gasteiger partial charge in [-0.1, -0.05) is 42.5 Å². The summed E-state index contributed by atoms with van der Waals surface area (Å²) >= 11 is 0. The van der Waals surface area contributed by atoms with Gasteiger partial charge in [-0.05, 0) is 48.9 Å². The number of fused-ring (bicyclic) bond motifs is 2. The van der Waals surface area contributed by atoms with Crippen molar-refractivity contribution < 1.29 is 0 Å². The molecule has 2 atom stereocenters. The van der Waals surface area contributed by atoms with Gasteiger partial charge in [-0.3, -0.25) is 0 Å². The Morgan fingerprint density at radius 1 is 1.05 bits per heavy atom. The van der Waals surface area contributed by atoms with Crippen molar-refractivity contribution in [3.63, 3.8) is 0 Å². The number of nitrogens with zero attached hydrogens (tertiary/aromatic N) is 1. The summed E-state index contributed by atoms with van der Waals surface area (Å²) in [6.07, 6.45) is 3.46. The van der Waals surface area contributed by atoms with Crippen molar-refractivity contribution in [3.8, 4) is 0 Å². The average Bonchev–Trinajstić information content (AvgIpc) is 2.78. The van der Waals surface area contributed by atoms with E-state index in [9.17, 15) is 0 Å². The van der Waals surface area contributed by atoms with E-state index >= 15 is 0 Å². The Bertz CT molecular complexity index is 675. The third-order valence-corrected chi connectivity index (χ3v) is 5.23. The van der Waals surface area contributed by atoms with Crippen LogP contribution in [0, 0.1) is 0 Å². The molecular formula is C19H22N2. The van der Waals surface area contributed by atoms with Crippen LogP contribution in [0.15, 0.2) is 48.5 Å². The van der Waals surface area contributed by atoms with Crippen LogP contribution < -0.4 is 10.6 Å². The lowest BCUT2D eigenvalue weighted by molar-refractivity contribution is 0.386. The fourth-order valence-corrected chi connectivity index (χ4v) is 4.14. The number of nitrogens with two attached hydrogens (primary N) is 1. The van der Waals surface area contributed by atoms with Gasteiger partial charge in [-0.25, -0.2) is 0 Å². The van der Waals surface area contributed by atoms with Crippen molar-refractivity contribution in [2.45, 2.75) is 37.8 Å². The predicted octanol–water partition coefficient (Wildman–Crippen LogP) is 3.24. The van der Waals surface area contributed by atoms with E-state index in [0.29, 0.717) is 6.04 Å². The SMILES string of the molecule is CC1(N)c2ccccc2CC1N1CCCc2ccccc21. The van der Waals surface area contributed by atoms with Gasteiger partial charge in [0.25, 0.3) is 0 Å². The molecule has 0 fully saturated rings. The van der Waals surface area contributed by atoms with E-state index in [2.05, 4.69) is 60.4 Å². The molecule has 1 aliphatic heterocycles. The van der Waals surface area contributed by atoms with Crippen molar-refractivity contribution >= 4 is 5.69 Å². The van der Waals surface area contributed by atoms with E-state index in [1.807, 2.05) is 0 Å². The van der Waals surface area contributed by atoms with Crippen LogP contribution in [0.2, 0.25) is 0 Å². The molecule has 0 saturated heterocycles. The molecule has 1 aliphatic carbocycles. The molecule has 21 heavy (non-hydrogen) atoms. The summed E-state index contributed by atoms with van der Waals surface area (Å²) in [5, 5.41) is 0. The quantitative estimate of drug-likeness (QED) is 0.867. The second-order valence-corrected chi connectivity index (χ2v) is 6.59. The van der Waals surface area contributed by atoms with Crippen molar-refractivity contribution in [2.24, 2.45) is 5.73 Å². The first kappa shape index (κ1) is 12.9. The van der Waals surface area contributed by atoms with E-state index in [-0.39, 0.29) is 5.54 Å². The van der Waals surface area contributed by atoms with Gasteiger partial charge in [-0.15, -0.1) is 0 Å². The van der Waals surface area contributed by atoms with E-state index in [4.69, 9.17) is 5.73 Å². The Kier molecular flexibility index (Phi) is 2.83. The van der Waals surface area contributed by atoms with Gasteiger partial charge in [0.15, 0.2) is 0 Å². The Hall–Kier alpha value is -1.80. The molecule has 0 aromatic heterocycles. The third-order valence-electron chi connectivity index (χ3n) is 5.23. The first-order valence-electron chi connectivity index (χ1n) is 7.90. The summed E-state index contributed by atoms with van der Waals surface area (Å²) in [6.45, 7) is 3.31. The zero-order chi connectivity index (χ0) is 14.4. The second-order valence-electron chi connectivity index (χ2n) is 6.59. The molecule has 4 rings (SSSR count). The molecule has 1 heterocycles. The number of anilines is 1. The summed E-state index contributed by atoms with van der Waals surface area (Å²) in [7, 11) is 0. The summed E-state index contributed by atoms with van der Waals surface area (Å²) in [5.74, 6) is 0. The van der Waals surface area contributed by atoms with Crippen LogP contribution in [0.25, 0.3) is 0 Å². The maximum absolute atomic E-state index is 6.78. The highest BCUT2D eigenvalue weighted by Crippen LogP contribution is 2.41. The van der Waals surface area contributed by atoms with Crippen molar-refractivity contribution in [1.29, 1.82) is 0 Å². The maximum atomic E-state index is 6.78. The molecule has 0 bridgehead atoms. The number of hydrogen-bond acceptors (Lipinski definition) is 2. The van der Waals surface area contributed by atoms with Gasteiger partial charge in [0, 0.05) is 12.2 Å². The van der Waals surface area contributed by atoms with Gasteiger partial charge < -0.3 is 10.6 Å². The number of aryl methyl sites for hydroxylation is 1. The normalized spacial score (nSPS) is 27.3. The number of para-hydroxylation sites is 1. The van der Waals surface area contributed by atoms with Crippen LogP contribution in [0.3, 0.4) is 0 Å². The van der Waals surface area contributed by atoms with Crippen LogP contribution in [-0.4, -0.2) is 12.6 Å². The Balaban J connectivity index is 1.77. The first-order valence-corrected chi connectivity index (χ1v) is 7.90. The van der Waals surface area contributed by atoms with Crippen molar-refractivity contribution in [1.82, 2.24) is 0 Å². The smallest absolute Gasteiger partial charge is 0.0593 e. The summed E-state index contributed by atoms with van der Waals surface area (Å²) in [5.41, 5.74) is 12.1. The molecule has 0 saturated carbocycles. The highest BCUT2D eigenvalue weighted by Gasteiger charge is 2.43. The fourth-order valence-electron chi connectivity index (χ4n) is 4.14. The molecule has 2 aromatic carbocycles. The molecule has 108 valence electrons. The summed E-state index contributed by atoms with van der Waals surface area (Å²) in [6, 6.07) is 17.8. The molecule has 0 radical (unpaired) electrons. The van der Waals surface area contributed by atoms with E-state index in [0.717, 1.165) is 13.0 Å². The molecule has 2 aromatic rings. The highest BCUT2D eigenvalue weighted by molar-refractivity contribution is 5.59. The van der Waals surface area contributed by atoms with E-state index in [1.54, 1.807) is 0 Å². The topological polar surface area (TPSA) is 29.3 Å². The largest absolute Gasteiger partial charge is 0.366 e. The minimum absolute atomic E-state index is 0.277. The lowest BCUT2D eigenvalue weighted by Gasteiger charge is -2.42. The molecular weight excluding hydrogens is 256 g/mol. The van der Waals surface area contributed by atoms with Gasteiger partial charge in [0.2, 0.25) is 0 Å². The Morgan fingerprint density at radius 2 is 1.76 bits per heavy atom. The second kappa shape index (κ2) is 4.60. The van der Waals surface area contributed by atoms with Crippen LogP contribution in [-0.2, 0) is 18.4 Å². The molecule has 2 unspecified atom stereocenters. The van der Waals surface area contributed by atoms with Crippen molar-refractivity contribution in [2.75, 3.05) is 11.4 Å². The summed E-state index contributed by atoms with van der Waals surface area (Å²) < 4.78 is 0. The molecule has 2 N–H and O–H groups in total. The zero-order valence-corrected chi connectivity index (χ0v) is 12.5. The molecule has 2 heteroatoms. The fraction of sp³-hybridized carbons (Fsp3) is 0.368. The molecule has 2 nitrogen and oxygen atoms in total. The maximum Gasteiger partial charge on any atom is 0.0593 e. The molecule has 0 amide bonds. The van der Waals surface area contributed by atoms with Gasteiger partial charge in [0.1, 0.15) is 0 Å². The van der Waals surface area contributed by atoms with E-state index < -0.39 is 0 Å². The third kappa shape index (κ3) is 1.90. The minimum atomic E-state index is -0.277. The van der Waals surface area contributed by atoms with Crippen molar-refractivity contribution in [3.05, 3.63) is 65.2 Å². The van der Waals surface area contributed by atoms with Crippen LogP contribution in [0.5, 0.6) is 0 Å². The first-order chi connectivity index (χ1) is 10.2. The van der Waals surface area contributed by atoms with E-state index in [1.165, 1.54) is 35.2 Å². The van der Waals surface area contributed by atoms with Gasteiger partial charge >= 0.3 is 0 Å². The monoisotopic (exact) mass is 278 g/mol. The molecule has 0 spiro atoms. The van der Waals surface area contributed by atoms with Gasteiger partial charge in [0.05, 0.1) is 11.6 Å². The van der Waals surface area contributed by atoms with Gasteiger partial charge in [-0.2, -0.15) is 0 Å². The predicted molar refractivity (Wildman–Crippen MR) is 87.6 cm³/mol. The molecule has 2 aliphatic rings. The Labute approximate surface area is 126 Å². The average molecular weight is 278 g/mol. The lowest BCUT2D eigenvalue weighted by Crippen LogP contribution is -2.53. The van der Waals surface area contributed by atoms with Crippen LogP contribution >= 0.6 is 0 Å². The van der Waals surface area contributed by atoms with Crippen LogP contribution in [0.4, 0.5) is 5.69 Å². The standard InChI is InChI=1S/C19H22N2/c1-19(20)16-10-4-2-8-15(16)13-18(19)21-12-6-9-14-7-3-5-11-17(14)21/h2-5,7-8,10-11,18H,6,9,12-13,20H2,1H3.